The van der Waals surface area contributed by atoms with Gasteiger partial charge in [0.25, 0.3) is 5.91 Å². The summed E-state index contributed by atoms with van der Waals surface area (Å²) in [5, 5.41) is 18.6. The fourth-order valence-electron chi connectivity index (χ4n) is 4.67. The molecule has 4 aromatic rings. The number of hydrogen-bond acceptors (Lipinski definition) is 5. The molecule has 1 aromatic heterocycles. The van der Waals surface area contributed by atoms with Gasteiger partial charge in [-0.3, -0.25) is 9.59 Å². The fraction of sp³-hybridized carbons (Fsp3) is 0.233. The lowest BCUT2D eigenvalue weighted by Crippen LogP contribution is -2.48. The molecule has 1 aliphatic heterocycles. The highest BCUT2D eigenvalue weighted by Gasteiger charge is 2.32. The Labute approximate surface area is 225 Å². The molecule has 0 bridgehead atoms. The molecule has 190 valence electrons. The Morgan fingerprint density at radius 1 is 0.974 bits per heavy atom. The fourth-order valence-corrected chi connectivity index (χ4v) is 4.80. The molecule has 38 heavy (non-hydrogen) atoms. The second-order valence-electron chi connectivity index (χ2n) is 9.47. The van der Waals surface area contributed by atoms with E-state index in [1.165, 1.54) is 0 Å². The summed E-state index contributed by atoms with van der Waals surface area (Å²) >= 11 is 6.07. The number of carboxylic acid groups (broad SMARTS) is 1. The molecule has 1 fully saturated rings. The van der Waals surface area contributed by atoms with Crippen molar-refractivity contribution in [3.05, 3.63) is 94.1 Å². The number of aryl methyl sites for hydroxylation is 1. The molecular weight excluding hydrogens is 500 g/mol. The van der Waals surface area contributed by atoms with Gasteiger partial charge in [0.05, 0.1) is 34.1 Å². The first-order valence-electron chi connectivity index (χ1n) is 12.5. The molecule has 0 atom stereocenters. The lowest BCUT2D eigenvalue weighted by Gasteiger charge is -2.39. The van der Waals surface area contributed by atoms with Gasteiger partial charge in [-0.15, -0.1) is 0 Å². The summed E-state index contributed by atoms with van der Waals surface area (Å²) in [4.78, 5) is 35.7. The van der Waals surface area contributed by atoms with Gasteiger partial charge in [0.2, 0.25) is 0 Å². The van der Waals surface area contributed by atoms with Crippen molar-refractivity contribution in [1.82, 2.24) is 14.9 Å². The molecule has 3 aromatic carbocycles. The van der Waals surface area contributed by atoms with E-state index >= 15 is 0 Å². The van der Waals surface area contributed by atoms with Crippen molar-refractivity contribution in [3.63, 3.8) is 0 Å². The van der Waals surface area contributed by atoms with Gasteiger partial charge >= 0.3 is 5.97 Å². The first-order chi connectivity index (χ1) is 18.4. The Balaban J connectivity index is 1.37. The molecule has 0 unspecified atom stereocenters. The van der Waals surface area contributed by atoms with Crippen LogP contribution in [-0.2, 0) is 11.2 Å². The third kappa shape index (κ3) is 5.51. The standard InChI is InChI=1S/C30H25ClN4O3/c31-24-12-9-21(10-13-24)29-26(3-1-2-4-28(36)37)33-27-15-22(11-14-25(27)34-29)30(38)35-17-23(18-35)20-7-5-19(16-32)6-8-20/h5-15,23H,1-4,17-18H2,(H,36,37). The number of amides is 1. The summed E-state index contributed by atoms with van der Waals surface area (Å²) < 4.78 is 0. The Morgan fingerprint density at radius 3 is 2.39 bits per heavy atom. The number of fused-ring (bicyclic) bond motifs is 1. The van der Waals surface area contributed by atoms with E-state index in [9.17, 15) is 9.59 Å². The quantitative estimate of drug-likeness (QED) is 0.289. The smallest absolute Gasteiger partial charge is 0.303 e. The lowest BCUT2D eigenvalue weighted by molar-refractivity contribution is -0.137. The summed E-state index contributed by atoms with van der Waals surface area (Å²) in [5.74, 6) is -0.613. The van der Waals surface area contributed by atoms with Crippen molar-refractivity contribution < 1.29 is 14.7 Å². The summed E-state index contributed by atoms with van der Waals surface area (Å²) in [6.07, 6.45) is 1.89. The average molecular weight is 525 g/mol. The van der Waals surface area contributed by atoms with E-state index in [1.54, 1.807) is 36.4 Å². The maximum absolute atomic E-state index is 13.2. The van der Waals surface area contributed by atoms with Crippen molar-refractivity contribution in [1.29, 1.82) is 5.26 Å². The van der Waals surface area contributed by atoms with Crippen LogP contribution in [0, 0.1) is 11.3 Å². The summed E-state index contributed by atoms with van der Waals surface area (Å²) in [5.41, 5.74) is 5.99. The number of carbonyl (C=O) groups excluding carboxylic acids is 1. The zero-order valence-corrected chi connectivity index (χ0v) is 21.4. The van der Waals surface area contributed by atoms with Crippen molar-refractivity contribution in [2.45, 2.75) is 31.6 Å². The number of nitrogens with zero attached hydrogens (tertiary/aromatic N) is 4. The van der Waals surface area contributed by atoms with Gasteiger partial charge in [-0.1, -0.05) is 35.9 Å². The Morgan fingerprint density at radius 2 is 1.71 bits per heavy atom. The number of likely N-dealkylation sites (tertiary alicyclic amines) is 1. The molecule has 0 radical (unpaired) electrons. The lowest BCUT2D eigenvalue weighted by atomic mass is 9.90. The zero-order valence-electron chi connectivity index (χ0n) is 20.6. The van der Waals surface area contributed by atoms with Crippen LogP contribution in [0.1, 0.15) is 52.4 Å². The number of aliphatic carboxylic acids is 1. The van der Waals surface area contributed by atoms with Crippen molar-refractivity contribution >= 4 is 34.5 Å². The second kappa shape index (κ2) is 11.0. The highest BCUT2D eigenvalue weighted by molar-refractivity contribution is 6.30. The number of rotatable bonds is 8. The van der Waals surface area contributed by atoms with Crippen molar-refractivity contribution in [2.24, 2.45) is 0 Å². The molecule has 0 spiro atoms. The summed E-state index contributed by atoms with van der Waals surface area (Å²) in [7, 11) is 0. The number of hydrogen-bond donors (Lipinski definition) is 1. The van der Waals surface area contributed by atoms with Crippen LogP contribution >= 0.6 is 11.6 Å². The Bertz CT molecular complexity index is 1540. The highest BCUT2D eigenvalue weighted by Crippen LogP contribution is 2.30. The maximum atomic E-state index is 13.2. The SMILES string of the molecule is N#Cc1ccc(C2CN(C(=O)c3ccc4nc(-c5ccc(Cl)cc5)c(CCCCC(=O)O)nc4c3)C2)cc1. The van der Waals surface area contributed by atoms with Gasteiger partial charge in [-0.05, 0) is 67.3 Å². The average Bonchev–Trinajstić information content (AvgIpc) is 2.90. The first-order valence-corrected chi connectivity index (χ1v) is 12.9. The number of halogens is 1. The van der Waals surface area contributed by atoms with Crippen LogP contribution in [0.25, 0.3) is 22.3 Å². The predicted molar refractivity (Wildman–Crippen MR) is 145 cm³/mol. The normalized spacial score (nSPS) is 13.2. The number of carbonyl (C=O) groups is 2. The monoisotopic (exact) mass is 524 g/mol. The third-order valence-electron chi connectivity index (χ3n) is 6.84. The molecule has 1 amide bonds. The topological polar surface area (TPSA) is 107 Å². The zero-order chi connectivity index (χ0) is 26.6. The van der Waals surface area contributed by atoms with E-state index in [0.717, 1.165) is 22.5 Å². The van der Waals surface area contributed by atoms with Crippen LogP contribution in [-0.4, -0.2) is 44.9 Å². The Hall–Kier alpha value is -4.28. The van der Waals surface area contributed by atoms with Crippen LogP contribution in [0.4, 0.5) is 0 Å². The molecule has 5 rings (SSSR count). The molecule has 1 aliphatic rings. The minimum absolute atomic E-state index is 0.0524. The molecule has 1 saturated heterocycles. The van der Waals surface area contributed by atoms with Gasteiger partial charge in [0, 0.05) is 41.6 Å². The van der Waals surface area contributed by atoms with Gasteiger partial charge < -0.3 is 10.0 Å². The largest absolute Gasteiger partial charge is 0.481 e. The highest BCUT2D eigenvalue weighted by atomic mass is 35.5. The molecular formula is C30H25ClN4O3. The van der Waals surface area contributed by atoms with Gasteiger partial charge in [-0.2, -0.15) is 5.26 Å². The van der Waals surface area contributed by atoms with E-state index in [0.29, 0.717) is 59.5 Å². The van der Waals surface area contributed by atoms with E-state index < -0.39 is 5.97 Å². The van der Waals surface area contributed by atoms with Crippen LogP contribution in [0.5, 0.6) is 0 Å². The van der Waals surface area contributed by atoms with Gasteiger partial charge in [0.15, 0.2) is 0 Å². The molecule has 0 aliphatic carbocycles. The number of aromatic nitrogens is 2. The molecule has 2 heterocycles. The van der Waals surface area contributed by atoms with Gasteiger partial charge in [-0.25, -0.2) is 9.97 Å². The van der Waals surface area contributed by atoms with Crippen LogP contribution in [0.3, 0.4) is 0 Å². The minimum Gasteiger partial charge on any atom is -0.481 e. The van der Waals surface area contributed by atoms with Crippen molar-refractivity contribution in [3.8, 4) is 17.3 Å². The number of unbranched alkanes of at least 4 members (excludes halogenated alkanes) is 1. The number of carboxylic acids is 1. The number of nitriles is 1. The summed E-state index contributed by atoms with van der Waals surface area (Å²) in [6, 6.07) is 22.4. The van der Waals surface area contributed by atoms with E-state index in [1.807, 2.05) is 35.2 Å². The molecule has 8 heteroatoms. The van der Waals surface area contributed by atoms with Gasteiger partial charge in [0.1, 0.15) is 0 Å². The first kappa shape index (κ1) is 25.4. The van der Waals surface area contributed by atoms with E-state index in [2.05, 4.69) is 6.07 Å². The number of benzene rings is 3. The van der Waals surface area contributed by atoms with E-state index in [4.69, 9.17) is 31.9 Å². The third-order valence-corrected chi connectivity index (χ3v) is 7.09. The van der Waals surface area contributed by atoms with E-state index in [-0.39, 0.29) is 18.2 Å². The predicted octanol–water partition coefficient (Wildman–Crippen LogP) is 5.86. The minimum atomic E-state index is -0.817. The maximum Gasteiger partial charge on any atom is 0.303 e. The van der Waals surface area contributed by atoms with Crippen LogP contribution in [0.15, 0.2) is 66.7 Å². The summed E-state index contributed by atoms with van der Waals surface area (Å²) in [6.45, 7) is 1.25. The molecule has 7 nitrogen and oxygen atoms in total. The second-order valence-corrected chi connectivity index (χ2v) is 9.91. The van der Waals surface area contributed by atoms with Crippen LogP contribution < -0.4 is 0 Å². The van der Waals surface area contributed by atoms with Crippen LogP contribution in [0.2, 0.25) is 5.02 Å². The Kier molecular flexibility index (Phi) is 7.34. The van der Waals surface area contributed by atoms with Crippen molar-refractivity contribution in [2.75, 3.05) is 13.1 Å². The molecule has 0 saturated carbocycles. The molecule has 1 N–H and O–H groups in total.